The second-order valence-corrected chi connectivity index (χ2v) is 6.59. The molecule has 0 N–H and O–H groups in total. The average Bonchev–Trinajstić information content (AvgIpc) is 2.66. The highest BCUT2D eigenvalue weighted by molar-refractivity contribution is 7.98. The molecule has 0 fully saturated rings. The third-order valence-corrected chi connectivity index (χ3v) is 4.61. The lowest BCUT2D eigenvalue weighted by molar-refractivity contribution is -0.387. The molecule has 1 aromatic carbocycles. The minimum absolute atomic E-state index is 0.0626. The summed E-state index contributed by atoms with van der Waals surface area (Å²) in [5, 5.41) is 11.1. The molecule has 2 heterocycles. The van der Waals surface area contributed by atoms with Gasteiger partial charge in [0.1, 0.15) is 12.3 Å². The zero-order valence-corrected chi connectivity index (χ0v) is 15.4. The van der Waals surface area contributed by atoms with Crippen molar-refractivity contribution in [3.8, 4) is 0 Å². The van der Waals surface area contributed by atoms with E-state index in [0.717, 1.165) is 5.56 Å². The van der Waals surface area contributed by atoms with E-state index in [0.29, 0.717) is 16.2 Å². The Bertz CT molecular complexity index is 1110. The molecular weight excluding hydrogens is 370 g/mol. The molecule has 3 rings (SSSR count). The number of ether oxygens (including phenoxy) is 1. The lowest BCUT2D eigenvalue weighted by Crippen LogP contribution is -2.17. The Morgan fingerprint density at radius 3 is 2.78 bits per heavy atom. The maximum Gasteiger partial charge on any atom is 0.338 e. The van der Waals surface area contributed by atoms with Crippen LogP contribution in [0.3, 0.4) is 0 Å². The van der Waals surface area contributed by atoms with E-state index in [-0.39, 0.29) is 23.4 Å². The highest BCUT2D eigenvalue weighted by atomic mass is 32.2. The number of nitrogens with zero attached hydrogens (tertiary/aromatic N) is 3. The molecule has 0 amide bonds. The third-order valence-electron chi connectivity index (χ3n) is 3.82. The third kappa shape index (κ3) is 3.98. The van der Waals surface area contributed by atoms with Crippen LogP contribution in [0.5, 0.6) is 0 Å². The van der Waals surface area contributed by atoms with E-state index in [1.807, 2.05) is 13.0 Å². The second kappa shape index (κ2) is 7.58. The lowest BCUT2D eigenvalue weighted by Gasteiger charge is -2.07. The Morgan fingerprint density at radius 2 is 2.07 bits per heavy atom. The summed E-state index contributed by atoms with van der Waals surface area (Å²) in [6.45, 7) is 1.65. The molecule has 0 saturated carbocycles. The van der Waals surface area contributed by atoms with E-state index >= 15 is 0 Å². The number of carbonyl (C=O) groups excluding carboxylic acids is 1. The van der Waals surface area contributed by atoms with Crippen molar-refractivity contribution in [2.75, 3.05) is 6.26 Å². The summed E-state index contributed by atoms with van der Waals surface area (Å²) >= 11 is 1.22. The van der Waals surface area contributed by atoms with Gasteiger partial charge in [-0.05, 0) is 36.9 Å². The average molecular weight is 385 g/mol. The van der Waals surface area contributed by atoms with Gasteiger partial charge in [-0.3, -0.25) is 19.3 Å². The van der Waals surface area contributed by atoms with Crippen molar-refractivity contribution in [2.24, 2.45) is 0 Å². The van der Waals surface area contributed by atoms with E-state index in [4.69, 9.17) is 4.74 Å². The first kappa shape index (κ1) is 18.6. The first-order valence-corrected chi connectivity index (χ1v) is 9.10. The fourth-order valence-corrected chi connectivity index (χ4v) is 3.06. The van der Waals surface area contributed by atoms with E-state index in [9.17, 15) is 19.7 Å². The van der Waals surface area contributed by atoms with E-state index < -0.39 is 10.9 Å². The normalized spacial score (nSPS) is 10.7. The van der Waals surface area contributed by atoms with Gasteiger partial charge in [-0.15, -0.1) is 11.8 Å². The van der Waals surface area contributed by atoms with Gasteiger partial charge in [0.15, 0.2) is 0 Å². The Hall–Kier alpha value is -3.20. The van der Waals surface area contributed by atoms with Crippen LogP contribution in [0.2, 0.25) is 0 Å². The predicted molar refractivity (Wildman–Crippen MR) is 100 cm³/mol. The van der Waals surface area contributed by atoms with Crippen LogP contribution >= 0.6 is 11.8 Å². The molecule has 0 aliphatic heterocycles. The Morgan fingerprint density at radius 1 is 1.30 bits per heavy atom. The first-order valence-electron chi connectivity index (χ1n) is 7.87. The van der Waals surface area contributed by atoms with E-state index in [1.54, 1.807) is 18.5 Å². The zero-order chi connectivity index (χ0) is 19.6. The molecule has 9 heteroatoms. The van der Waals surface area contributed by atoms with Gasteiger partial charge < -0.3 is 4.74 Å². The van der Waals surface area contributed by atoms with Crippen molar-refractivity contribution >= 4 is 29.1 Å². The summed E-state index contributed by atoms with van der Waals surface area (Å²) in [6, 6.07) is 8.96. The standard InChI is InChI=1S/C18H15N3O5S/c1-11-3-6-16-19-13(8-17(22)20(16)9-11)10-26-18(23)12-4-5-15(27-2)14(7-12)21(24)25/h3-9H,10H2,1-2H3. The molecule has 27 heavy (non-hydrogen) atoms. The van der Waals surface area contributed by atoms with Crippen LogP contribution < -0.4 is 5.56 Å². The number of aryl methyl sites for hydroxylation is 1. The SMILES string of the molecule is CSc1ccc(C(=O)OCc2cc(=O)n3cc(C)ccc3n2)cc1[N+](=O)[O-]. The maximum absolute atomic E-state index is 12.2. The van der Waals surface area contributed by atoms with Crippen LogP contribution in [0, 0.1) is 17.0 Å². The number of esters is 1. The number of hydrogen-bond acceptors (Lipinski definition) is 7. The van der Waals surface area contributed by atoms with E-state index in [1.165, 1.54) is 40.4 Å². The Kier molecular flexibility index (Phi) is 5.22. The number of carbonyl (C=O) groups is 1. The molecule has 0 atom stereocenters. The van der Waals surface area contributed by atoms with Gasteiger partial charge >= 0.3 is 5.97 Å². The number of pyridine rings is 1. The molecular formula is C18H15N3O5S. The zero-order valence-electron chi connectivity index (χ0n) is 14.5. The quantitative estimate of drug-likeness (QED) is 0.288. The van der Waals surface area contributed by atoms with Crippen LogP contribution in [0.25, 0.3) is 5.65 Å². The lowest BCUT2D eigenvalue weighted by atomic mass is 10.2. The fraction of sp³-hybridized carbons (Fsp3) is 0.167. The molecule has 8 nitrogen and oxygen atoms in total. The number of hydrogen-bond donors (Lipinski definition) is 0. The van der Waals surface area contributed by atoms with Gasteiger partial charge in [0, 0.05) is 18.3 Å². The minimum atomic E-state index is -0.725. The molecule has 3 aromatic rings. The molecule has 0 bridgehead atoms. The molecule has 0 aliphatic rings. The number of nitro groups is 1. The molecule has 2 aromatic heterocycles. The number of thioether (sulfide) groups is 1. The number of benzene rings is 1. The van der Waals surface area contributed by atoms with Gasteiger partial charge in [0.25, 0.3) is 11.2 Å². The Balaban J connectivity index is 1.81. The van der Waals surface area contributed by atoms with Crippen LogP contribution in [0.4, 0.5) is 5.69 Å². The maximum atomic E-state index is 12.2. The Labute approximate surface area is 158 Å². The van der Waals surface area contributed by atoms with Crippen molar-refractivity contribution in [1.82, 2.24) is 9.38 Å². The molecule has 138 valence electrons. The second-order valence-electron chi connectivity index (χ2n) is 5.74. The predicted octanol–water partition coefficient (Wildman–Crippen LogP) is 2.99. The topological polar surface area (TPSA) is 104 Å². The molecule has 0 unspecified atom stereocenters. The van der Waals surface area contributed by atoms with Crippen molar-refractivity contribution < 1.29 is 14.5 Å². The van der Waals surface area contributed by atoms with Crippen LogP contribution in [0.15, 0.2) is 52.3 Å². The number of aromatic nitrogens is 2. The van der Waals surface area contributed by atoms with Crippen molar-refractivity contribution in [1.29, 1.82) is 0 Å². The molecule has 0 aliphatic carbocycles. The number of nitro benzene ring substituents is 1. The van der Waals surface area contributed by atoms with Gasteiger partial charge in [0.05, 0.1) is 21.1 Å². The van der Waals surface area contributed by atoms with Crippen molar-refractivity contribution in [2.45, 2.75) is 18.4 Å². The van der Waals surface area contributed by atoms with Crippen molar-refractivity contribution in [3.05, 3.63) is 79.9 Å². The van der Waals surface area contributed by atoms with Gasteiger partial charge in [-0.2, -0.15) is 0 Å². The summed E-state index contributed by atoms with van der Waals surface area (Å²) < 4.78 is 6.58. The van der Waals surface area contributed by atoms with Gasteiger partial charge in [0.2, 0.25) is 0 Å². The van der Waals surface area contributed by atoms with E-state index in [2.05, 4.69) is 4.98 Å². The van der Waals surface area contributed by atoms with Crippen molar-refractivity contribution in [3.63, 3.8) is 0 Å². The van der Waals surface area contributed by atoms with Crippen LogP contribution in [-0.2, 0) is 11.3 Å². The summed E-state index contributed by atoms with van der Waals surface area (Å²) in [6.07, 6.45) is 3.39. The van der Waals surface area contributed by atoms with Gasteiger partial charge in [-0.1, -0.05) is 6.07 Å². The number of rotatable bonds is 5. The smallest absolute Gasteiger partial charge is 0.338 e. The largest absolute Gasteiger partial charge is 0.456 e. The van der Waals surface area contributed by atoms with Gasteiger partial charge in [-0.25, -0.2) is 9.78 Å². The summed E-state index contributed by atoms with van der Waals surface area (Å²) in [5.74, 6) is -0.725. The minimum Gasteiger partial charge on any atom is -0.456 e. The fourth-order valence-electron chi connectivity index (χ4n) is 2.51. The molecule has 0 spiro atoms. The highest BCUT2D eigenvalue weighted by Crippen LogP contribution is 2.28. The molecule has 0 saturated heterocycles. The summed E-state index contributed by atoms with van der Waals surface area (Å²) in [4.78, 5) is 39.7. The van der Waals surface area contributed by atoms with Crippen LogP contribution in [0.1, 0.15) is 21.6 Å². The first-order chi connectivity index (χ1) is 12.9. The molecule has 0 radical (unpaired) electrons. The summed E-state index contributed by atoms with van der Waals surface area (Å²) in [7, 11) is 0. The number of fused-ring (bicyclic) bond motifs is 1. The monoisotopic (exact) mass is 385 g/mol. The summed E-state index contributed by atoms with van der Waals surface area (Å²) in [5.41, 5.74) is 1.28. The highest BCUT2D eigenvalue weighted by Gasteiger charge is 2.18. The van der Waals surface area contributed by atoms with Crippen LogP contribution in [-0.4, -0.2) is 26.5 Å².